The van der Waals surface area contributed by atoms with E-state index < -0.39 is 0 Å². The van der Waals surface area contributed by atoms with E-state index in [1.165, 1.54) is 6.92 Å². The van der Waals surface area contributed by atoms with Crippen LogP contribution in [0, 0.1) is 0 Å². The third-order valence-corrected chi connectivity index (χ3v) is 4.43. The lowest BCUT2D eigenvalue weighted by Gasteiger charge is -2.34. The molecule has 1 aliphatic rings. The molecule has 7 nitrogen and oxygen atoms in total. The molecule has 0 saturated carbocycles. The third-order valence-electron chi connectivity index (χ3n) is 4.43. The van der Waals surface area contributed by atoms with Crippen LogP contribution in [0.4, 0.5) is 16.2 Å². The molecule has 1 fully saturated rings. The number of amides is 4. The van der Waals surface area contributed by atoms with Crippen molar-refractivity contribution in [1.82, 2.24) is 9.80 Å². The number of urea groups is 1. The first-order chi connectivity index (χ1) is 13.0. The van der Waals surface area contributed by atoms with Gasteiger partial charge in [-0.25, -0.2) is 4.79 Å². The molecule has 4 amide bonds. The number of carbonyl (C=O) groups excluding carboxylic acids is 3. The molecule has 0 atom stereocenters. The fourth-order valence-electron chi connectivity index (χ4n) is 2.92. The minimum absolute atomic E-state index is 0.0336. The molecule has 2 aromatic carbocycles. The van der Waals surface area contributed by atoms with Gasteiger partial charge in [0.05, 0.1) is 0 Å². The number of nitrogens with zero attached hydrogens (tertiary/aromatic N) is 2. The number of para-hydroxylation sites is 1. The number of piperazine rings is 1. The molecule has 7 heteroatoms. The van der Waals surface area contributed by atoms with Crippen LogP contribution in [0.3, 0.4) is 0 Å². The van der Waals surface area contributed by atoms with E-state index in [2.05, 4.69) is 10.6 Å². The zero-order valence-corrected chi connectivity index (χ0v) is 15.1. The van der Waals surface area contributed by atoms with E-state index in [1.807, 2.05) is 18.2 Å². The molecule has 1 saturated heterocycles. The Kier molecular flexibility index (Phi) is 5.71. The van der Waals surface area contributed by atoms with Gasteiger partial charge in [0.1, 0.15) is 0 Å². The van der Waals surface area contributed by atoms with E-state index >= 15 is 0 Å². The van der Waals surface area contributed by atoms with Gasteiger partial charge in [0.2, 0.25) is 5.91 Å². The monoisotopic (exact) mass is 366 g/mol. The maximum absolute atomic E-state index is 12.6. The highest BCUT2D eigenvalue weighted by Gasteiger charge is 2.23. The van der Waals surface area contributed by atoms with E-state index in [0.717, 1.165) is 0 Å². The Morgan fingerprint density at radius 2 is 1.26 bits per heavy atom. The van der Waals surface area contributed by atoms with Crippen LogP contribution in [-0.2, 0) is 4.79 Å². The van der Waals surface area contributed by atoms with Crippen LogP contribution < -0.4 is 10.6 Å². The summed E-state index contributed by atoms with van der Waals surface area (Å²) in [6.07, 6.45) is 0. The lowest BCUT2D eigenvalue weighted by atomic mass is 10.1. The summed E-state index contributed by atoms with van der Waals surface area (Å²) in [6.45, 7) is 3.70. The molecule has 1 aliphatic heterocycles. The number of hydrogen-bond acceptors (Lipinski definition) is 3. The molecule has 0 aromatic heterocycles. The molecule has 2 aromatic rings. The van der Waals surface area contributed by atoms with Crippen molar-refractivity contribution in [2.45, 2.75) is 6.92 Å². The molecule has 0 radical (unpaired) electrons. The van der Waals surface area contributed by atoms with E-state index in [9.17, 15) is 14.4 Å². The van der Waals surface area contributed by atoms with Gasteiger partial charge < -0.3 is 20.4 Å². The van der Waals surface area contributed by atoms with E-state index in [-0.39, 0.29) is 17.8 Å². The molecule has 2 N–H and O–H groups in total. The summed E-state index contributed by atoms with van der Waals surface area (Å²) < 4.78 is 0. The van der Waals surface area contributed by atoms with Gasteiger partial charge in [-0.15, -0.1) is 0 Å². The van der Waals surface area contributed by atoms with Crippen molar-refractivity contribution in [3.8, 4) is 0 Å². The zero-order chi connectivity index (χ0) is 19.2. The summed E-state index contributed by atoms with van der Waals surface area (Å²) in [5.41, 5.74) is 1.85. The van der Waals surface area contributed by atoms with Crippen molar-refractivity contribution in [3.63, 3.8) is 0 Å². The molecule has 1 heterocycles. The topological polar surface area (TPSA) is 81.8 Å². The van der Waals surface area contributed by atoms with Crippen LogP contribution in [0.1, 0.15) is 17.3 Å². The van der Waals surface area contributed by atoms with Crippen molar-refractivity contribution in [2.24, 2.45) is 0 Å². The van der Waals surface area contributed by atoms with Gasteiger partial charge in [-0.05, 0) is 36.4 Å². The zero-order valence-electron chi connectivity index (χ0n) is 15.1. The Hall–Kier alpha value is -3.35. The maximum atomic E-state index is 12.6. The first kappa shape index (κ1) is 18.4. The van der Waals surface area contributed by atoms with Crippen molar-refractivity contribution in [2.75, 3.05) is 36.8 Å². The van der Waals surface area contributed by atoms with Crippen molar-refractivity contribution >= 4 is 29.2 Å². The van der Waals surface area contributed by atoms with Crippen LogP contribution in [-0.4, -0.2) is 53.8 Å². The molecule has 3 rings (SSSR count). The molecule has 27 heavy (non-hydrogen) atoms. The van der Waals surface area contributed by atoms with Gasteiger partial charge in [-0.1, -0.05) is 18.2 Å². The maximum Gasteiger partial charge on any atom is 0.323 e. The van der Waals surface area contributed by atoms with Gasteiger partial charge in [0.15, 0.2) is 0 Å². The summed E-state index contributed by atoms with van der Waals surface area (Å²) in [7, 11) is 0. The highest BCUT2D eigenvalue weighted by Crippen LogP contribution is 2.14. The molecular weight excluding hydrogens is 344 g/mol. The number of carbonyl (C=O) groups is 3. The summed E-state index contributed by atoms with van der Waals surface area (Å²) in [5, 5.41) is 5.47. The Morgan fingerprint density at radius 3 is 1.81 bits per heavy atom. The van der Waals surface area contributed by atoms with Crippen molar-refractivity contribution in [3.05, 3.63) is 60.2 Å². The van der Waals surface area contributed by atoms with Gasteiger partial charge in [0, 0.05) is 50.0 Å². The fourth-order valence-corrected chi connectivity index (χ4v) is 2.92. The second-order valence-corrected chi connectivity index (χ2v) is 6.32. The Labute approximate surface area is 158 Å². The second-order valence-electron chi connectivity index (χ2n) is 6.32. The summed E-state index contributed by atoms with van der Waals surface area (Å²) in [6, 6.07) is 15.6. The Morgan fingerprint density at radius 1 is 0.741 bits per heavy atom. The van der Waals surface area contributed by atoms with Gasteiger partial charge >= 0.3 is 6.03 Å². The minimum atomic E-state index is -0.347. The summed E-state index contributed by atoms with van der Waals surface area (Å²) in [4.78, 5) is 39.4. The van der Waals surface area contributed by atoms with E-state index in [0.29, 0.717) is 43.1 Å². The van der Waals surface area contributed by atoms with Gasteiger partial charge in [0.25, 0.3) is 5.91 Å². The predicted octanol–water partition coefficient (Wildman–Crippen LogP) is 2.63. The fraction of sp³-hybridized carbons (Fsp3) is 0.250. The standard InChI is InChI=1S/C20H22N4O3/c1-15(25)23-11-13-24(14-12-23)19(26)16-7-9-18(10-8-16)22-20(27)21-17-5-3-2-4-6-17/h2-10H,11-14H2,1H3,(H2,21,22,27). The van der Waals surface area contributed by atoms with Gasteiger partial charge in [-0.2, -0.15) is 0 Å². The van der Waals surface area contributed by atoms with Crippen LogP contribution in [0.2, 0.25) is 0 Å². The van der Waals surface area contributed by atoms with Crippen LogP contribution in [0.15, 0.2) is 54.6 Å². The molecule has 140 valence electrons. The Balaban J connectivity index is 1.54. The first-order valence-electron chi connectivity index (χ1n) is 8.81. The van der Waals surface area contributed by atoms with Crippen molar-refractivity contribution < 1.29 is 14.4 Å². The van der Waals surface area contributed by atoms with E-state index in [4.69, 9.17) is 0 Å². The minimum Gasteiger partial charge on any atom is -0.339 e. The average molecular weight is 366 g/mol. The largest absolute Gasteiger partial charge is 0.339 e. The lowest BCUT2D eigenvalue weighted by Crippen LogP contribution is -2.50. The quantitative estimate of drug-likeness (QED) is 0.876. The van der Waals surface area contributed by atoms with E-state index in [1.54, 1.807) is 46.2 Å². The number of hydrogen-bond donors (Lipinski definition) is 2. The number of benzene rings is 2. The van der Waals surface area contributed by atoms with Crippen LogP contribution in [0.25, 0.3) is 0 Å². The van der Waals surface area contributed by atoms with Crippen molar-refractivity contribution in [1.29, 1.82) is 0 Å². The molecule has 0 bridgehead atoms. The third kappa shape index (κ3) is 4.84. The number of rotatable bonds is 3. The normalized spacial score (nSPS) is 13.8. The molecular formula is C20H22N4O3. The molecule has 0 aliphatic carbocycles. The van der Waals surface area contributed by atoms with Crippen LogP contribution in [0.5, 0.6) is 0 Å². The SMILES string of the molecule is CC(=O)N1CCN(C(=O)c2ccc(NC(=O)Nc3ccccc3)cc2)CC1. The van der Waals surface area contributed by atoms with Crippen LogP contribution >= 0.6 is 0 Å². The summed E-state index contributed by atoms with van der Waals surface area (Å²) >= 11 is 0. The number of nitrogens with one attached hydrogen (secondary N) is 2. The lowest BCUT2D eigenvalue weighted by molar-refractivity contribution is -0.130. The molecule has 0 unspecified atom stereocenters. The highest BCUT2D eigenvalue weighted by molar-refractivity contribution is 6.00. The number of anilines is 2. The summed E-state index contributed by atoms with van der Waals surface area (Å²) in [5.74, 6) is -0.0372. The van der Waals surface area contributed by atoms with Gasteiger partial charge in [-0.3, -0.25) is 9.59 Å². The second kappa shape index (κ2) is 8.35. The average Bonchev–Trinajstić information content (AvgIpc) is 2.69. The highest BCUT2D eigenvalue weighted by atomic mass is 16.2. The Bertz CT molecular complexity index is 813. The molecule has 0 spiro atoms. The first-order valence-corrected chi connectivity index (χ1v) is 8.81. The smallest absolute Gasteiger partial charge is 0.323 e. The predicted molar refractivity (Wildman–Crippen MR) is 104 cm³/mol.